The third-order valence-corrected chi connectivity index (χ3v) is 5.72. The lowest BCUT2D eigenvalue weighted by Crippen LogP contribution is -2.11. The van der Waals surface area contributed by atoms with Crippen LogP contribution < -0.4 is 5.32 Å². The maximum atomic E-state index is 4.74. The number of aromatic nitrogens is 8. The van der Waals surface area contributed by atoms with Crippen LogP contribution in [-0.4, -0.2) is 46.6 Å². The normalized spacial score (nSPS) is 11.4. The molecule has 0 spiro atoms. The molecule has 0 saturated heterocycles. The lowest BCUT2D eigenvalue weighted by Gasteiger charge is -2.05. The zero-order valence-electron chi connectivity index (χ0n) is 18.4. The number of aromatic amines is 2. The molecule has 0 radical (unpaired) electrons. The highest BCUT2D eigenvalue weighted by Gasteiger charge is 2.17. The molecule has 6 heterocycles. The Labute approximate surface area is 194 Å². The van der Waals surface area contributed by atoms with Crippen molar-refractivity contribution in [1.29, 1.82) is 0 Å². The van der Waals surface area contributed by atoms with Gasteiger partial charge in [0.25, 0.3) is 0 Å². The minimum absolute atomic E-state index is 0.634. The van der Waals surface area contributed by atoms with E-state index in [0.717, 1.165) is 57.5 Å². The van der Waals surface area contributed by atoms with Gasteiger partial charge in [-0.05, 0) is 48.0 Å². The van der Waals surface area contributed by atoms with Crippen LogP contribution in [0.25, 0.3) is 56.0 Å². The van der Waals surface area contributed by atoms with Crippen LogP contribution in [0.5, 0.6) is 0 Å². The Kier molecular flexibility index (Phi) is 5.00. The van der Waals surface area contributed by atoms with E-state index < -0.39 is 0 Å². The predicted octanol–water partition coefficient (Wildman–Crippen LogP) is 4.13. The molecule has 0 aromatic carbocycles. The number of pyridine rings is 4. The highest BCUT2D eigenvalue weighted by Crippen LogP contribution is 2.31. The molecule has 0 unspecified atom stereocenters. The van der Waals surface area contributed by atoms with Crippen molar-refractivity contribution in [2.24, 2.45) is 0 Å². The van der Waals surface area contributed by atoms with Crippen LogP contribution in [0.2, 0.25) is 0 Å². The van der Waals surface area contributed by atoms with Gasteiger partial charge in [0.15, 0.2) is 11.5 Å². The van der Waals surface area contributed by atoms with Gasteiger partial charge in [0, 0.05) is 54.0 Å². The smallest absolute Gasteiger partial charge is 0.178 e. The lowest BCUT2D eigenvalue weighted by molar-refractivity contribution is 0.724. The van der Waals surface area contributed by atoms with Gasteiger partial charge in [0.05, 0.1) is 22.9 Å². The fourth-order valence-corrected chi connectivity index (χ4v) is 4.04. The van der Waals surface area contributed by atoms with Gasteiger partial charge in [0.2, 0.25) is 0 Å². The standard InChI is InChI=1S/C25H21N9/c1-2-26-11-15-9-17(13-28-12-15)20-10-19-21(14-30-20)33-34-23(19)25-31-22-18(5-8-29-24(22)32-25)16-3-6-27-7-4-16/h3-10,12-14,26H,2,11H2,1H3,(H,33,34)(H,29,31,32). The second kappa shape index (κ2) is 8.45. The van der Waals surface area contributed by atoms with E-state index in [4.69, 9.17) is 4.98 Å². The molecule has 0 atom stereocenters. The first-order valence-corrected chi connectivity index (χ1v) is 11.0. The van der Waals surface area contributed by atoms with Crippen molar-refractivity contribution in [2.75, 3.05) is 6.54 Å². The van der Waals surface area contributed by atoms with Gasteiger partial charge in [-0.3, -0.25) is 20.1 Å². The SMILES string of the molecule is CCNCc1cncc(-c2cc3c(-c4nc5nccc(-c6ccncc6)c5[nH]4)n[nH]c3cn2)c1. The molecule has 9 heteroatoms. The molecule has 0 amide bonds. The van der Waals surface area contributed by atoms with Crippen LogP contribution in [0.3, 0.4) is 0 Å². The Bertz CT molecular complexity index is 1600. The second-order valence-electron chi connectivity index (χ2n) is 7.93. The summed E-state index contributed by atoms with van der Waals surface area (Å²) in [5, 5.41) is 11.9. The summed E-state index contributed by atoms with van der Waals surface area (Å²) in [5.74, 6) is 0.645. The molecule has 9 nitrogen and oxygen atoms in total. The molecule has 0 aliphatic heterocycles. The number of H-pyrrole nitrogens is 2. The molecule has 0 aliphatic rings. The summed E-state index contributed by atoms with van der Waals surface area (Å²) in [6.45, 7) is 3.76. The maximum Gasteiger partial charge on any atom is 0.178 e. The molecule has 3 N–H and O–H groups in total. The summed E-state index contributed by atoms with van der Waals surface area (Å²) in [5.41, 5.74) is 7.99. The van der Waals surface area contributed by atoms with Gasteiger partial charge in [-0.25, -0.2) is 9.97 Å². The average molecular weight is 448 g/mol. The molecular weight excluding hydrogens is 426 g/mol. The number of nitrogens with zero attached hydrogens (tertiary/aromatic N) is 6. The Hall–Kier alpha value is -4.50. The third kappa shape index (κ3) is 3.57. The second-order valence-corrected chi connectivity index (χ2v) is 7.93. The van der Waals surface area contributed by atoms with Crippen LogP contribution in [0.1, 0.15) is 12.5 Å². The van der Waals surface area contributed by atoms with Crippen molar-refractivity contribution in [3.8, 4) is 33.9 Å². The van der Waals surface area contributed by atoms with E-state index in [9.17, 15) is 0 Å². The molecule has 0 bridgehead atoms. The van der Waals surface area contributed by atoms with Gasteiger partial charge in [0.1, 0.15) is 5.69 Å². The zero-order valence-corrected chi connectivity index (χ0v) is 18.4. The van der Waals surface area contributed by atoms with Crippen LogP contribution in [0, 0.1) is 0 Å². The van der Waals surface area contributed by atoms with Crippen molar-refractivity contribution < 1.29 is 0 Å². The number of hydrogen-bond donors (Lipinski definition) is 3. The molecule has 34 heavy (non-hydrogen) atoms. The highest BCUT2D eigenvalue weighted by molar-refractivity contribution is 5.96. The van der Waals surface area contributed by atoms with E-state index >= 15 is 0 Å². The summed E-state index contributed by atoms with van der Waals surface area (Å²) in [7, 11) is 0. The summed E-state index contributed by atoms with van der Waals surface area (Å²) < 4.78 is 0. The predicted molar refractivity (Wildman–Crippen MR) is 131 cm³/mol. The number of fused-ring (bicyclic) bond motifs is 2. The molecular formula is C25H21N9. The average Bonchev–Trinajstić information content (AvgIpc) is 3.51. The quantitative estimate of drug-likeness (QED) is 0.351. The first-order chi connectivity index (χ1) is 16.8. The number of nitrogens with one attached hydrogen (secondary N) is 3. The minimum atomic E-state index is 0.634. The summed E-state index contributed by atoms with van der Waals surface area (Å²) >= 11 is 0. The molecule has 0 aliphatic carbocycles. The maximum absolute atomic E-state index is 4.74. The van der Waals surface area contributed by atoms with E-state index in [1.807, 2.05) is 36.7 Å². The summed E-state index contributed by atoms with van der Waals surface area (Å²) in [4.78, 5) is 25.8. The van der Waals surface area contributed by atoms with Gasteiger partial charge < -0.3 is 10.3 Å². The summed E-state index contributed by atoms with van der Waals surface area (Å²) in [6, 6.07) is 10.0. The van der Waals surface area contributed by atoms with Crippen LogP contribution in [0.15, 0.2) is 67.5 Å². The highest BCUT2D eigenvalue weighted by atomic mass is 15.1. The van der Waals surface area contributed by atoms with Crippen LogP contribution >= 0.6 is 0 Å². The fraction of sp³-hybridized carbons (Fsp3) is 0.120. The van der Waals surface area contributed by atoms with E-state index in [2.05, 4.69) is 53.4 Å². The first kappa shape index (κ1) is 20.1. The van der Waals surface area contributed by atoms with Crippen LogP contribution in [-0.2, 0) is 6.54 Å². The molecule has 6 aromatic rings. The fourth-order valence-electron chi connectivity index (χ4n) is 4.04. The van der Waals surface area contributed by atoms with Crippen LogP contribution in [0.4, 0.5) is 0 Å². The lowest BCUT2D eigenvalue weighted by atomic mass is 10.1. The van der Waals surface area contributed by atoms with Crippen molar-refractivity contribution >= 4 is 22.1 Å². The molecule has 0 saturated carbocycles. The first-order valence-electron chi connectivity index (χ1n) is 11.0. The van der Waals surface area contributed by atoms with Gasteiger partial charge in [-0.2, -0.15) is 5.10 Å². The van der Waals surface area contributed by atoms with Gasteiger partial charge in [-0.1, -0.05) is 6.92 Å². The van der Waals surface area contributed by atoms with Crippen molar-refractivity contribution in [3.05, 3.63) is 73.1 Å². The van der Waals surface area contributed by atoms with Crippen molar-refractivity contribution in [3.63, 3.8) is 0 Å². The van der Waals surface area contributed by atoms with Crippen molar-refractivity contribution in [2.45, 2.75) is 13.5 Å². The molecule has 166 valence electrons. The molecule has 6 aromatic heterocycles. The van der Waals surface area contributed by atoms with E-state index in [1.54, 1.807) is 24.8 Å². The minimum Gasteiger partial charge on any atom is -0.335 e. The largest absolute Gasteiger partial charge is 0.335 e. The van der Waals surface area contributed by atoms with Gasteiger partial charge >= 0.3 is 0 Å². The monoisotopic (exact) mass is 447 g/mol. The zero-order chi connectivity index (χ0) is 22.9. The number of rotatable bonds is 6. The molecule has 6 rings (SSSR count). The number of imidazole rings is 1. The Balaban J connectivity index is 1.44. The van der Waals surface area contributed by atoms with E-state index in [-0.39, 0.29) is 0 Å². The Morgan fingerprint density at radius 2 is 1.82 bits per heavy atom. The topological polar surface area (TPSA) is 121 Å². The molecule has 0 fully saturated rings. The van der Waals surface area contributed by atoms with Crippen molar-refractivity contribution in [1.82, 2.24) is 45.4 Å². The van der Waals surface area contributed by atoms with Gasteiger partial charge in [-0.15, -0.1) is 0 Å². The Morgan fingerprint density at radius 1 is 0.912 bits per heavy atom. The third-order valence-electron chi connectivity index (χ3n) is 5.72. The van der Waals surface area contributed by atoms with E-state index in [1.165, 1.54) is 0 Å². The van der Waals surface area contributed by atoms with E-state index in [0.29, 0.717) is 17.2 Å². The summed E-state index contributed by atoms with van der Waals surface area (Å²) in [6.07, 6.45) is 10.8. The number of hydrogen-bond acceptors (Lipinski definition) is 7. The Morgan fingerprint density at radius 3 is 2.71 bits per heavy atom.